The maximum atomic E-state index is 10.6. The first-order chi connectivity index (χ1) is 49.7. The van der Waals surface area contributed by atoms with Crippen LogP contribution < -0.4 is 9.47 Å². The number of carbonyl (C=O) groups is 6. The number of nitro benzene ring substituents is 2. The van der Waals surface area contributed by atoms with Crippen molar-refractivity contribution in [3.8, 4) is 79.8 Å². The van der Waals surface area contributed by atoms with Gasteiger partial charge in [0, 0.05) is 72.7 Å². The van der Waals surface area contributed by atoms with Gasteiger partial charge in [-0.05, 0) is 85.8 Å². The Labute approximate surface area is 597 Å². The lowest BCUT2D eigenvalue weighted by molar-refractivity contribution is -0.385. The summed E-state index contributed by atoms with van der Waals surface area (Å²) in [6, 6.07) is 38.0. The summed E-state index contributed by atoms with van der Waals surface area (Å²) >= 11 is 17.5. The lowest BCUT2D eigenvalue weighted by atomic mass is 10.2. The minimum atomic E-state index is -1.03. The van der Waals surface area contributed by atoms with Gasteiger partial charge in [-0.1, -0.05) is 71.2 Å². The van der Waals surface area contributed by atoms with Crippen molar-refractivity contribution in [2.24, 2.45) is 0 Å². The molecular formula is C63H55Cl3N20O18. The number of nitro groups is 2. The van der Waals surface area contributed by atoms with Crippen molar-refractivity contribution in [1.29, 1.82) is 0 Å². The highest BCUT2D eigenvalue weighted by atomic mass is 35.5. The molecule has 0 spiro atoms. The lowest BCUT2D eigenvalue weighted by Crippen LogP contribution is -2.01. The Kier molecular flexibility index (Phi) is 28.4. The molecule has 6 heterocycles. The van der Waals surface area contributed by atoms with Gasteiger partial charge in [0.1, 0.15) is 85.0 Å². The third kappa shape index (κ3) is 25.2. The average Bonchev–Trinajstić information content (AvgIpc) is 1.70. The quantitative estimate of drug-likeness (QED) is 0.0210. The van der Waals surface area contributed by atoms with Gasteiger partial charge >= 0.3 is 35.8 Å². The van der Waals surface area contributed by atoms with Crippen molar-refractivity contribution in [2.75, 3.05) is 13.7 Å². The van der Waals surface area contributed by atoms with Crippen LogP contribution in [0.15, 0.2) is 140 Å². The van der Waals surface area contributed by atoms with E-state index in [0.29, 0.717) is 85.0 Å². The molecule has 0 fully saturated rings. The molecule has 0 aliphatic heterocycles. The molecule has 12 rings (SSSR count). The number of halogens is 3. The van der Waals surface area contributed by atoms with Crippen LogP contribution in [0.2, 0.25) is 15.1 Å². The standard InChI is InChI=1S/C12H13N3O3.C11H11N3O3.C10H7Cl2N3O2.C10H8ClN3O2.2C10H8N4O4/c1-2-18-9-5-3-4-8(6-9)12-13-10(14-15-12)7-11(16)17;1-17-8-4-2-7(3-5-8)11-12-9(13-14-11)6-10(15)16;11-6-1-5(2-7(12)3-6)10-13-8(14-15-10)4-9(16)17;11-7-3-1-2-6(4-7)10-12-8(13-14-10)5-9(15)16;15-9(16)5-8-11-10(13-12-8)6-1-3-7(4-2-6)14(17)18;15-9(16)5-8-11-10(13-12-8)6-2-1-3-7(4-6)14(17)18/h3-6H,2,7H2,1H3,(H,16,17)(H,13,14,15);2-5H,6H2,1H3,(H,15,16)(H,12,13,14);1-3H,4H2,(H,16,17)(H,13,14,15);1-4H,5H2,(H,15,16)(H,12,13,14);2*1-4H,5H2,(H,15,16)(H,11,12,13). The molecule has 0 atom stereocenters. The number of carboxylic acids is 6. The number of hydrogen-bond acceptors (Lipinski definition) is 24. The van der Waals surface area contributed by atoms with Crippen LogP contribution in [-0.2, 0) is 67.3 Å². The first-order valence-corrected chi connectivity index (χ1v) is 30.7. The molecule has 0 saturated heterocycles. The van der Waals surface area contributed by atoms with Gasteiger partial charge in [0.25, 0.3) is 11.4 Å². The van der Waals surface area contributed by atoms with E-state index in [9.17, 15) is 49.0 Å². The van der Waals surface area contributed by atoms with Crippen molar-refractivity contribution in [1.82, 2.24) is 91.1 Å². The van der Waals surface area contributed by atoms with E-state index >= 15 is 0 Å². The zero-order chi connectivity index (χ0) is 75.4. The Hall–Kier alpha value is -13.8. The number of carboxylic acid groups (broad SMARTS) is 6. The number of ether oxygens (including phenoxy) is 2. The molecule has 0 saturated carbocycles. The van der Waals surface area contributed by atoms with Crippen LogP contribution in [0.4, 0.5) is 11.4 Å². The molecule has 0 bridgehead atoms. The molecule has 12 aromatic rings. The van der Waals surface area contributed by atoms with Crippen molar-refractivity contribution in [3.05, 3.63) is 210 Å². The molecule has 536 valence electrons. The summed E-state index contributed by atoms with van der Waals surface area (Å²) in [5.74, 6) is -0.382. The van der Waals surface area contributed by atoms with Gasteiger partial charge in [0.15, 0.2) is 34.9 Å². The molecule has 0 unspecified atom stereocenters. The van der Waals surface area contributed by atoms with Crippen molar-refractivity contribution in [3.63, 3.8) is 0 Å². The Morgan fingerprint density at radius 1 is 0.365 bits per heavy atom. The number of hydrogen-bond donors (Lipinski definition) is 12. The van der Waals surface area contributed by atoms with Crippen LogP contribution >= 0.6 is 34.8 Å². The lowest BCUT2D eigenvalue weighted by Gasteiger charge is -2.03. The maximum absolute atomic E-state index is 10.6. The van der Waals surface area contributed by atoms with Crippen LogP contribution in [0, 0.1) is 20.2 Å². The predicted molar refractivity (Wildman–Crippen MR) is 365 cm³/mol. The molecule has 12 N–H and O–H groups in total. The molecule has 0 amide bonds. The second-order valence-corrected chi connectivity index (χ2v) is 21.8. The van der Waals surface area contributed by atoms with Gasteiger partial charge in [0.05, 0.1) is 23.6 Å². The summed E-state index contributed by atoms with van der Waals surface area (Å²) in [5.41, 5.74) is 3.91. The van der Waals surface area contributed by atoms with Crippen LogP contribution in [0.1, 0.15) is 41.9 Å². The molecule has 0 aliphatic carbocycles. The van der Waals surface area contributed by atoms with Gasteiger partial charge < -0.3 is 40.1 Å². The molecule has 6 aromatic carbocycles. The van der Waals surface area contributed by atoms with E-state index in [4.69, 9.17) is 74.9 Å². The molecular weight excluding hydrogens is 1430 g/mol. The fourth-order valence-electron chi connectivity index (χ4n) is 8.31. The fraction of sp³-hybridized carbons (Fsp3) is 0.143. The maximum Gasteiger partial charge on any atom is 0.311 e. The number of aromatic nitrogens is 18. The summed E-state index contributed by atoms with van der Waals surface area (Å²) in [5, 5.41) is 113. The van der Waals surface area contributed by atoms with E-state index in [1.165, 1.54) is 42.5 Å². The number of aromatic amines is 6. The number of aliphatic carboxylic acids is 6. The van der Waals surface area contributed by atoms with E-state index in [0.717, 1.165) is 28.2 Å². The number of nitrogens with one attached hydrogen (secondary N) is 6. The summed E-state index contributed by atoms with van der Waals surface area (Å²) in [4.78, 5) is 107. The summed E-state index contributed by atoms with van der Waals surface area (Å²) < 4.78 is 10.4. The van der Waals surface area contributed by atoms with Crippen molar-refractivity contribution >= 4 is 82.0 Å². The second-order valence-electron chi connectivity index (χ2n) is 20.5. The second kappa shape index (κ2) is 38.0. The molecule has 104 heavy (non-hydrogen) atoms. The third-order valence-electron chi connectivity index (χ3n) is 12.7. The zero-order valence-corrected chi connectivity index (χ0v) is 56.0. The highest BCUT2D eigenvalue weighted by Crippen LogP contribution is 2.27. The third-order valence-corrected chi connectivity index (χ3v) is 13.4. The van der Waals surface area contributed by atoms with Crippen molar-refractivity contribution < 1.29 is 78.7 Å². The summed E-state index contributed by atoms with van der Waals surface area (Å²) in [6.45, 7) is 2.49. The SMILES string of the molecule is CCOc1cccc(-c2n[nH]c(CC(=O)O)n2)c1.COc1ccc(-c2n[nH]c(CC(=O)O)n2)cc1.O=C(O)Cc1nc(-c2cc(Cl)cc(Cl)c2)n[nH]1.O=C(O)Cc1nc(-c2ccc([N+](=O)[O-])cc2)n[nH]1.O=C(O)Cc1nc(-c2cccc(Cl)c2)n[nH]1.O=C(O)Cc1nc(-c2cccc([N+](=O)[O-])c2)n[nH]1. The monoisotopic (exact) mass is 1480 g/mol. The molecule has 6 aromatic heterocycles. The van der Waals surface area contributed by atoms with E-state index in [1.54, 1.807) is 67.8 Å². The smallest absolute Gasteiger partial charge is 0.311 e. The molecule has 41 heteroatoms. The number of methoxy groups -OCH3 is 1. The number of non-ortho nitro benzene ring substituents is 2. The fourth-order valence-corrected chi connectivity index (χ4v) is 9.03. The number of H-pyrrole nitrogens is 6. The molecule has 0 aliphatic rings. The zero-order valence-electron chi connectivity index (χ0n) is 53.7. The first-order valence-electron chi connectivity index (χ1n) is 29.6. The number of rotatable bonds is 23. The minimum absolute atomic E-state index is 0.0277. The Bertz CT molecular complexity index is 4920. The van der Waals surface area contributed by atoms with Gasteiger partial charge in [-0.25, -0.2) is 29.9 Å². The number of nitrogens with zero attached hydrogens (tertiary/aromatic N) is 14. The Balaban J connectivity index is 0.000000175. The van der Waals surface area contributed by atoms with Crippen LogP contribution in [0.25, 0.3) is 68.3 Å². The van der Waals surface area contributed by atoms with E-state index in [2.05, 4.69) is 91.1 Å². The summed E-state index contributed by atoms with van der Waals surface area (Å²) in [6.07, 6.45) is -1.24. The van der Waals surface area contributed by atoms with Gasteiger partial charge in [-0.2, -0.15) is 30.6 Å². The Morgan fingerprint density at radius 3 is 1.01 bits per heavy atom. The van der Waals surface area contributed by atoms with Crippen LogP contribution in [0.5, 0.6) is 11.5 Å². The Morgan fingerprint density at radius 2 is 0.673 bits per heavy atom. The molecule has 38 nitrogen and oxygen atoms in total. The highest BCUT2D eigenvalue weighted by Gasteiger charge is 2.17. The first kappa shape index (κ1) is 77.6. The summed E-state index contributed by atoms with van der Waals surface area (Å²) in [7, 11) is 1.59. The van der Waals surface area contributed by atoms with E-state index in [-0.39, 0.29) is 73.2 Å². The largest absolute Gasteiger partial charge is 0.497 e. The normalized spacial score (nSPS) is 10.3. The van der Waals surface area contributed by atoms with Crippen molar-refractivity contribution in [2.45, 2.75) is 45.4 Å². The topological polar surface area (TPSA) is 578 Å². The van der Waals surface area contributed by atoms with E-state index in [1.807, 2.05) is 43.3 Å². The van der Waals surface area contributed by atoms with Gasteiger partial charge in [-0.15, -0.1) is 0 Å². The van der Waals surface area contributed by atoms with Gasteiger partial charge in [-0.3, -0.25) is 79.6 Å². The van der Waals surface area contributed by atoms with Crippen LogP contribution in [0.3, 0.4) is 0 Å². The number of benzene rings is 6. The predicted octanol–water partition coefficient (Wildman–Crippen LogP) is 8.78. The highest BCUT2D eigenvalue weighted by molar-refractivity contribution is 6.35. The van der Waals surface area contributed by atoms with Gasteiger partial charge in [0.2, 0.25) is 0 Å². The van der Waals surface area contributed by atoms with Crippen LogP contribution in [-0.4, -0.2) is 181 Å². The van der Waals surface area contributed by atoms with E-state index < -0.39 is 45.7 Å². The average molecular weight is 1490 g/mol. The molecule has 0 radical (unpaired) electrons. The minimum Gasteiger partial charge on any atom is -0.497 e.